The number of nitrogens with zero attached hydrogens (tertiary/aromatic N) is 1. The average Bonchev–Trinajstić information content (AvgIpc) is 3.12. The molecule has 27 heavy (non-hydrogen) atoms. The Kier molecular flexibility index (Phi) is 6.99. The molecule has 0 unspecified atom stereocenters. The van der Waals surface area contributed by atoms with Crippen molar-refractivity contribution in [1.29, 1.82) is 0 Å². The van der Waals surface area contributed by atoms with Crippen molar-refractivity contribution in [3.63, 3.8) is 0 Å². The predicted molar refractivity (Wildman–Crippen MR) is 113 cm³/mol. The highest BCUT2D eigenvalue weighted by Crippen LogP contribution is 2.22. The number of unbranched alkanes of at least 4 members (excludes halogenated alkanes) is 2. The predicted octanol–water partition coefficient (Wildman–Crippen LogP) is 5.60. The standard InChI is InChI=1S/C22H24N2O2S/c1-2-3-4-5-6-12-26-19-9-7-8-17(13-19)14-22(25)24-18-10-11-20-21(15-18)27-16-23-20/h2-3,7-11,13,15-16H,4-6,12,14H2,1H3,(H,24,25). The van der Waals surface area contributed by atoms with Gasteiger partial charge in [0, 0.05) is 5.69 Å². The number of hydrogen-bond acceptors (Lipinski definition) is 4. The first-order chi connectivity index (χ1) is 13.2. The number of rotatable bonds is 9. The number of carbonyl (C=O) groups is 1. The molecule has 0 aliphatic heterocycles. The molecule has 0 bridgehead atoms. The van der Waals surface area contributed by atoms with Crippen molar-refractivity contribution in [2.75, 3.05) is 11.9 Å². The molecular formula is C22H24N2O2S. The van der Waals surface area contributed by atoms with Crippen LogP contribution in [-0.2, 0) is 11.2 Å². The van der Waals surface area contributed by atoms with Gasteiger partial charge in [-0.1, -0.05) is 24.3 Å². The molecule has 1 heterocycles. The van der Waals surface area contributed by atoms with Crippen LogP contribution >= 0.6 is 11.3 Å². The second-order valence-electron chi connectivity index (χ2n) is 6.32. The number of carbonyl (C=O) groups excluding carboxylic acids is 1. The summed E-state index contributed by atoms with van der Waals surface area (Å²) in [6.45, 7) is 2.73. The number of thiazole rings is 1. The molecule has 0 radical (unpaired) electrons. The van der Waals surface area contributed by atoms with Gasteiger partial charge in [-0.3, -0.25) is 4.79 Å². The van der Waals surface area contributed by atoms with Gasteiger partial charge in [-0.2, -0.15) is 0 Å². The summed E-state index contributed by atoms with van der Waals surface area (Å²) in [7, 11) is 0. The Labute approximate surface area is 163 Å². The van der Waals surface area contributed by atoms with Crippen LogP contribution in [0.4, 0.5) is 5.69 Å². The van der Waals surface area contributed by atoms with Crippen LogP contribution < -0.4 is 10.1 Å². The van der Waals surface area contributed by atoms with Crippen molar-refractivity contribution in [2.24, 2.45) is 0 Å². The van der Waals surface area contributed by atoms with Crippen LogP contribution in [0.25, 0.3) is 10.2 Å². The number of aromatic nitrogens is 1. The lowest BCUT2D eigenvalue weighted by molar-refractivity contribution is -0.115. The highest BCUT2D eigenvalue weighted by molar-refractivity contribution is 7.16. The molecule has 0 fully saturated rings. The third-order valence-electron chi connectivity index (χ3n) is 4.15. The lowest BCUT2D eigenvalue weighted by atomic mass is 10.1. The molecule has 0 aliphatic carbocycles. The number of hydrogen-bond donors (Lipinski definition) is 1. The summed E-state index contributed by atoms with van der Waals surface area (Å²) in [5, 5.41) is 2.96. The number of benzene rings is 2. The van der Waals surface area contributed by atoms with E-state index in [9.17, 15) is 4.79 Å². The van der Waals surface area contributed by atoms with Crippen molar-refractivity contribution >= 4 is 33.1 Å². The van der Waals surface area contributed by atoms with Gasteiger partial charge in [0.15, 0.2) is 0 Å². The number of ether oxygens (including phenoxy) is 1. The third-order valence-corrected chi connectivity index (χ3v) is 4.94. The lowest BCUT2D eigenvalue weighted by Crippen LogP contribution is -2.14. The van der Waals surface area contributed by atoms with E-state index >= 15 is 0 Å². The van der Waals surface area contributed by atoms with Crippen LogP contribution in [0.3, 0.4) is 0 Å². The first-order valence-corrected chi connectivity index (χ1v) is 10.1. The smallest absolute Gasteiger partial charge is 0.228 e. The normalized spacial score (nSPS) is 11.1. The topological polar surface area (TPSA) is 51.2 Å². The fourth-order valence-electron chi connectivity index (χ4n) is 2.79. The van der Waals surface area contributed by atoms with Gasteiger partial charge in [0.2, 0.25) is 5.91 Å². The Balaban J connectivity index is 1.50. The molecule has 1 aromatic heterocycles. The summed E-state index contributed by atoms with van der Waals surface area (Å²) in [4.78, 5) is 16.6. The molecule has 140 valence electrons. The van der Waals surface area contributed by atoms with E-state index in [2.05, 4.69) is 22.5 Å². The Morgan fingerprint density at radius 3 is 3.04 bits per heavy atom. The van der Waals surface area contributed by atoms with Crippen LogP contribution in [0.2, 0.25) is 0 Å². The van der Waals surface area contributed by atoms with Crippen LogP contribution in [0.5, 0.6) is 5.75 Å². The molecule has 0 aliphatic rings. The first kappa shape index (κ1) is 19.1. The quantitative estimate of drug-likeness (QED) is 0.388. The summed E-state index contributed by atoms with van der Waals surface area (Å²) in [6.07, 6.45) is 7.80. The minimum atomic E-state index is -0.0395. The maximum atomic E-state index is 12.4. The Hall–Kier alpha value is -2.66. The molecule has 5 heteroatoms. The average molecular weight is 381 g/mol. The Morgan fingerprint density at radius 2 is 2.15 bits per heavy atom. The van der Waals surface area contributed by atoms with E-state index in [1.54, 1.807) is 11.3 Å². The maximum Gasteiger partial charge on any atom is 0.228 e. The van der Waals surface area contributed by atoms with Gasteiger partial charge < -0.3 is 10.1 Å². The highest BCUT2D eigenvalue weighted by atomic mass is 32.1. The minimum Gasteiger partial charge on any atom is -0.494 e. The molecule has 3 aromatic rings. The van der Waals surface area contributed by atoms with Crippen LogP contribution in [-0.4, -0.2) is 17.5 Å². The summed E-state index contributed by atoms with van der Waals surface area (Å²) in [6, 6.07) is 13.5. The van der Waals surface area contributed by atoms with E-state index in [0.29, 0.717) is 13.0 Å². The fourth-order valence-corrected chi connectivity index (χ4v) is 3.51. The van der Waals surface area contributed by atoms with Crippen LogP contribution in [0.1, 0.15) is 31.7 Å². The zero-order valence-electron chi connectivity index (χ0n) is 15.5. The van der Waals surface area contributed by atoms with Gasteiger partial charge in [0.1, 0.15) is 5.75 Å². The summed E-state index contributed by atoms with van der Waals surface area (Å²) in [5.74, 6) is 0.778. The van der Waals surface area contributed by atoms with Crippen molar-refractivity contribution in [1.82, 2.24) is 4.98 Å². The highest BCUT2D eigenvalue weighted by Gasteiger charge is 2.07. The SMILES string of the molecule is CC=CCCCCOc1cccc(CC(=O)Nc2ccc3ncsc3c2)c1. The Morgan fingerprint density at radius 1 is 1.22 bits per heavy atom. The molecule has 2 aromatic carbocycles. The molecule has 3 rings (SSSR count). The second-order valence-corrected chi connectivity index (χ2v) is 7.21. The van der Waals surface area contributed by atoms with Crippen molar-refractivity contribution in [3.8, 4) is 5.75 Å². The Bertz CT molecular complexity index is 917. The van der Waals surface area contributed by atoms with E-state index in [1.165, 1.54) is 0 Å². The van der Waals surface area contributed by atoms with Crippen LogP contribution in [0.15, 0.2) is 60.1 Å². The number of nitrogens with one attached hydrogen (secondary N) is 1. The molecule has 4 nitrogen and oxygen atoms in total. The minimum absolute atomic E-state index is 0.0395. The zero-order valence-corrected chi connectivity index (χ0v) is 16.3. The van der Waals surface area contributed by atoms with Gasteiger partial charge in [-0.15, -0.1) is 11.3 Å². The van der Waals surface area contributed by atoms with Gasteiger partial charge in [-0.05, 0) is 62.1 Å². The van der Waals surface area contributed by atoms with Crippen molar-refractivity contribution in [3.05, 3.63) is 65.7 Å². The molecule has 1 amide bonds. The first-order valence-electron chi connectivity index (χ1n) is 9.20. The molecular weight excluding hydrogens is 356 g/mol. The lowest BCUT2D eigenvalue weighted by Gasteiger charge is -2.09. The fraction of sp³-hybridized carbons (Fsp3) is 0.273. The number of amides is 1. The van der Waals surface area contributed by atoms with E-state index in [-0.39, 0.29) is 5.91 Å². The summed E-state index contributed by atoms with van der Waals surface area (Å²) >= 11 is 1.57. The third kappa shape index (κ3) is 5.93. The summed E-state index contributed by atoms with van der Waals surface area (Å²) in [5.41, 5.74) is 4.50. The van der Waals surface area contributed by atoms with Crippen molar-refractivity contribution < 1.29 is 9.53 Å². The molecule has 0 atom stereocenters. The van der Waals surface area contributed by atoms with Gasteiger partial charge in [0.05, 0.1) is 28.8 Å². The second kappa shape index (κ2) is 9.88. The van der Waals surface area contributed by atoms with E-state index < -0.39 is 0 Å². The van der Waals surface area contributed by atoms with Crippen LogP contribution in [0, 0.1) is 0 Å². The summed E-state index contributed by atoms with van der Waals surface area (Å²) < 4.78 is 6.87. The van der Waals surface area contributed by atoms with E-state index in [1.807, 2.05) is 54.9 Å². The van der Waals surface area contributed by atoms with Crippen molar-refractivity contribution in [2.45, 2.75) is 32.6 Å². The van der Waals surface area contributed by atoms with Gasteiger partial charge in [-0.25, -0.2) is 4.98 Å². The number of allylic oxidation sites excluding steroid dienone is 2. The molecule has 0 saturated heterocycles. The van der Waals surface area contributed by atoms with E-state index in [0.717, 1.165) is 46.5 Å². The number of fused-ring (bicyclic) bond motifs is 1. The number of anilines is 1. The zero-order chi connectivity index (χ0) is 18.9. The monoisotopic (exact) mass is 380 g/mol. The van der Waals surface area contributed by atoms with E-state index in [4.69, 9.17) is 4.74 Å². The molecule has 0 spiro atoms. The van der Waals surface area contributed by atoms with Gasteiger partial charge >= 0.3 is 0 Å². The largest absolute Gasteiger partial charge is 0.494 e. The molecule has 0 saturated carbocycles. The van der Waals surface area contributed by atoms with Gasteiger partial charge in [0.25, 0.3) is 0 Å². The maximum absolute atomic E-state index is 12.4. The molecule has 1 N–H and O–H groups in total.